The van der Waals surface area contributed by atoms with Gasteiger partial charge in [0.15, 0.2) is 0 Å². The predicted octanol–water partition coefficient (Wildman–Crippen LogP) is 3.26. The highest BCUT2D eigenvalue weighted by Crippen LogP contribution is 2.24. The van der Waals surface area contributed by atoms with E-state index >= 15 is 0 Å². The van der Waals surface area contributed by atoms with Crippen LogP contribution in [-0.2, 0) is 4.79 Å². The normalized spacial score (nSPS) is 16.9. The summed E-state index contributed by atoms with van der Waals surface area (Å²) < 4.78 is 19.2. The molecule has 1 saturated heterocycles. The number of para-hydroxylation sites is 1. The molecular formula is C22H20FN3O3. The Hall–Kier alpha value is -3.48. The van der Waals surface area contributed by atoms with Gasteiger partial charge in [-0.1, -0.05) is 18.2 Å². The number of benzene rings is 2. The lowest BCUT2D eigenvalue weighted by atomic mass is 10.1. The summed E-state index contributed by atoms with van der Waals surface area (Å²) in [6, 6.07) is 14.4. The van der Waals surface area contributed by atoms with E-state index in [1.165, 1.54) is 11.0 Å². The number of piperazine rings is 1. The molecule has 0 aliphatic carbocycles. The van der Waals surface area contributed by atoms with Gasteiger partial charge in [0, 0.05) is 24.2 Å². The molecule has 2 heterocycles. The quantitative estimate of drug-likeness (QED) is 0.685. The molecule has 7 heteroatoms. The van der Waals surface area contributed by atoms with Gasteiger partial charge < -0.3 is 14.5 Å². The van der Waals surface area contributed by atoms with Crippen LogP contribution in [0.3, 0.4) is 0 Å². The van der Waals surface area contributed by atoms with Gasteiger partial charge in [0.2, 0.25) is 5.91 Å². The summed E-state index contributed by atoms with van der Waals surface area (Å²) in [5.74, 6) is -0.338. The molecule has 3 aromatic rings. The molecule has 1 aliphatic rings. The van der Waals surface area contributed by atoms with Crippen molar-refractivity contribution in [3.05, 3.63) is 66.1 Å². The van der Waals surface area contributed by atoms with Crippen LogP contribution < -0.4 is 9.64 Å². The molecule has 1 fully saturated rings. The van der Waals surface area contributed by atoms with Crippen molar-refractivity contribution >= 4 is 28.4 Å². The van der Waals surface area contributed by atoms with E-state index in [1.807, 2.05) is 12.1 Å². The highest BCUT2D eigenvalue weighted by Gasteiger charge is 2.35. The summed E-state index contributed by atoms with van der Waals surface area (Å²) in [5, 5.41) is 0.620. The Morgan fingerprint density at radius 3 is 2.59 bits per heavy atom. The number of amides is 2. The van der Waals surface area contributed by atoms with Gasteiger partial charge in [-0.25, -0.2) is 9.37 Å². The molecule has 0 N–H and O–H groups in total. The van der Waals surface area contributed by atoms with Gasteiger partial charge in [0.05, 0.1) is 7.11 Å². The number of methoxy groups -OCH3 is 1. The molecule has 4 rings (SSSR count). The number of fused-ring (bicyclic) bond motifs is 1. The zero-order valence-corrected chi connectivity index (χ0v) is 16.1. The molecule has 6 nitrogen and oxygen atoms in total. The first-order valence-corrected chi connectivity index (χ1v) is 9.31. The second-order valence-corrected chi connectivity index (χ2v) is 6.87. The minimum atomic E-state index is -0.656. The number of carbonyl (C=O) groups is 2. The van der Waals surface area contributed by atoms with E-state index in [1.54, 1.807) is 55.3 Å². The van der Waals surface area contributed by atoms with Crippen LogP contribution in [0, 0.1) is 5.82 Å². The van der Waals surface area contributed by atoms with Gasteiger partial charge in [0.1, 0.15) is 28.8 Å². The Balaban J connectivity index is 1.56. The lowest BCUT2D eigenvalue weighted by molar-refractivity contribution is -0.124. The van der Waals surface area contributed by atoms with Crippen LogP contribution in [0.15, 0.2) is 54.6 Å². The van der Waals surface area contributed by atoms with Gasteiger partial charge in [-0.2, -0.15) is 0 Å². The van der Waals surface area contributed by atoms with Crippen LogP contribution in [0.2, 0.25) is 0 Å². The van der Waals surface area contributed by atoms with Crippen LogP contribution in [0.1, 0.15) is 17.4 Å². The van der Waals surface area contributed by atoms with E-state index in [2.05, 4.69) is 4.98 Å². The van der Waals surface area contributed by atoms with Crippen molar-refractivity contribution < 1.29 is 18.7 Å². The summed E-state index contributed by atoms with van der Waals surface area (Å²) in [4.78, 5) is 33.2. The molecule has 2 amide bonds. The number of rotatable bonds is 3. The zero-order chi connectivity index (χ0) is 20.5. The first kappa shape index (κ1) is 18.9. The molecule has 29 heavy (non-hydrogen) atoms. The first-order valence-electron chi connectivity index (χ1n) is 9.31. The molecule has 148 valence electrons. The van der Waals surface area contributed by atoms with Gasteiger partial charge in [-0.15, -0.1) is 0 Å². The summed E-state index contributed by atoms with van der Waals surface area (Å²) in [5.41, 5.74) is 1.02. The highest BCUT2D eigenvalue weighted by atomic mass is 19.1. The third kappa shape index (κ3) is 3.40. The maximum atomic E-state index is 14.0. The summed E-state index contributed by atoms with van der Waals surface area (Å²) in [7, 11) is 1.58. The lowest BCUT2D eigenvalue weighted by Crippen LogP contribution is -2.57. The number of anilines is 1. The van der Waals surface area contributed by atoms with Gasteiger partial charge in [-0.05, 0) is 43.3 Å². The van der Waals surface area contributed by atoms with Gasteiger partial charge in [0.25, 0.3) is 5.91 Å². The molecular weight excluding hydrogens is 373 g/mol. The monoisotopic (exact) mass is 393 g/mol. The zero-order valence-electron chi connectivity index (χ0n) is 16.1. The SMILES string of the molecule is COc1ccc(N2CCN(C(=O)c3ccc4cccc(F)c4n3)[C@H](C)C2=O)cc1. The summed E-state index contributed by atoms with van der Waals surface area (Å²) >= 11 is 0. The fourth-order valence-corrected chi connectivity index (χ4v) is 3.54. The van der Waals surface area contributed by atoms with Crippen LogP contribution in [0.4, 0.5) is 10.1 Å². The average Bonchev–Trinajstić information content (AvgIpc) is 2.75. The van der Waals surface area contributed by atoms with E-state index in [0.717, 1.165) is 5.69 Å². The summed E-state index contributed by atoms with van der Waals surface area (Å²) in [6.45, 7) is 2.41. The van der Waals surface area contributed by atoms with Crippen molar-refractivity contribution in [2.75, 3.05) is 25.1 Å². The van der Waals surface area contributed by atoms with Crippen LogP contribution in [-0.4, -0.2) is 47.9 Å². The molecule has 0 radical (unpaired) electrons. The van der Waals surface area contributed by atoms with Crippen LogP contribution >= 0.6 is 0 Å². The minimum Gasteiger partial charge on any atom is -0.497 e. The maximum Gasteiger partial charge on any atom is 0.273 e. The van der Waals surface area contributed by atoms with E-state index in [9.17, 15) is 14.0 Å². The Bertz CT molecular complexity index is 1080. The number of ether oxygens (including phenoxy) is 1. The highest BCUT2D eigenvalue weighted by molar-refractivity contribution is 6.03. The Morgan fingerprint density at radius 1 is 1.10 bits per heavy atom. The van der Waals surface area contributed by atoms with Crippen molar-refractivity contribution in [1.82, 2.24) is 9.88 Å². The summed E-state index contributed by atoms with van der Waals surface area (Å²) in [6.07, 6.45) is 0. The number of hydrogen-bond donors (Lipinski definition) is 0. The molecule has 0 bridgehead atoms. The average molecular weight is 393 g/mol. The second-order valence-electron chi connectivity index (χ2n) is 6.87. The van der Waals surface area contributed by atoms with E-state index in [-0.39, 0.29) is 23.0 Å². The smallest absolute Gasteiger partial charge is 0.273 e. The van der Waals surface area contributed by atoms with Crippen LogP contribution in [0.5, 0.6) is 5.75 Å². The standard InChI is InChI=1S/C22H20FN3O3/c1-14-21(27)26(16-7-9-17(29-2)10-8-16)13-12-25(14)22(28)19-11-6-15-4-3-5-18(23)20(15)24-19/h3-11,14H,12-13H2,1-2H3/t14-/m1/s1. The number of aromatic nitrogens is 1. The number of halogens is 1. The van der Waals surface area contributed by atoms with Gasteiger partial charge in [-0.3, -0.25) is 9.59 Å². The van der Waals surface area contributed by atoms with E-state index < -0.39 is 11.9 Å². The number of carbonyl (C=O) groups excluding carboxylic acids is 2. The second kappa shape index (κ2) is 7.50. The molecule has 2 aromatic carbocycles. The Labute approximate surface area is 167 Å². The number of hydrogen-bond acceptors (Lipinski definition) is 4. The minimum absolute atomic E-state index is 0.125. The molecule has 0 unspecified atom stereocenters. The Kier molecular flexibility index (Phi) is 4.88. The third-order valence-corrected chi connectivity index (χ3v) is 5.19. The van der Waals surface area contributed by atoms with Crippen molar-refractivity contribution in [2.45, 2.75) is 13.0 Å². The first-order chi connectivity index (χ1) is 14.0. The van der Waals surface area contributed by atoms with Crippen molar-refractivity contribution in [3.63, 3.8) is 0 Å². The van der Waals surface area contributed by atoms with E-state index in [4.69, 9.17) is 4.74 Å². The molecule has 0 saturated carbocycles. The molecule has 0 spiro atoms. The molecule has 1 aromatic heterocycles. The number of pyridine rings is 1. The maximum absolute atomic E-state index is 14.0. The third-order valence-electron chi connectivity index (χ3n) is 5.19. The fourth-order valence-electron chi connectivity index (χ4n) is 3.54. The van der Waals surface area contributed by atoms with Crippen molar-refractivity contribution in [1.29, 1.82) is 0 Å². The largest absolute Gasteiger partial charge is 0.497 e. The Morgan fingerprint density at radius 2 is 1.86 bits per heavy atom. The van der Waals surface area contributed by atoms with Crippen molar-refractivity contribution in [3.8, 4) is 5.75 Å². The fraction of sp³-hybridized carbons (Fsp3) is 0.227. The van der Waals surface area contributed by atoms with Crippen molar-refractivity contribution in [2.24, 2.45) is 0 Å². The van der Waals surface area contributed by atoms with Crippen LogP contribution in [0.25, 0.3) is 10.9 Å². The number of nitrogens with zero attached hydrogens (tertiary/aromatic N) is 3. The predicted molar refractivity (Wildman–Crippen MR) is 108 cm³/mol. The molecule has 1 atom stereocenters. The van der Waals surface area contributed by atoms with E-state index in [0.29, 0.717) is 24.2 Å². The van der Waals surface area contributed by atoms with Gasteiger partial charge >= 0.3 is 0 Å². The molecule has 1 aliphatic heterocycles. The lowest BCUT2D eigenvalue weighted by Gasteiger charge is -2.39. The topological polar surface area (TPSA) is 62.7 Å².